The Labute approximate surface area is 83.9 Å². The lowest BCUT2D eigenvalue weighted by molar-refractivity contribution is 0.959. The van der Waals surface area contributed by atoms with Gasteiger partial charge in [0.2, 0.25) is 0 Å². The van der Waals surface area contributed by atoms with Crippen LogP contribution in [-0.4, -0.2) is 0 Å². The van der Waals surface area contributed by atoms with Crippen LogP contribution in [0.1, 0.15) is 40.0 Å². The fourth-order valence-electron chi connectivity index (χ4n) is 0.949. The average molecular weight is 264 g/mol. The third kappa shape index (κ3) is 8.11. The minimum Gasteiger partial charge on any atom is -0.0859 e. The van der Waals surface area contributed by atoms with Crippen LogP contribution < -0.4 is 0 Å². The largest absolute Gasteiger partial charge is 0.0859 e. The fourth-order valence-corrected chi connectivity index (χ4v) is 1.26. The molecule has 0 aromatic rings. The number of hydrogen-bond acceptors (Lipinski definition) is 0. The Hall–Kier alpha value is 0.210. The molecular weight excluding hydrogens is 247 g/mol. The van der Waals surface area contributed by atoms with E-state index in [0.29, 0.717) is 0 Å². The lowest BCUT2D eigenvalue weighted by Gasteiger charge is -1.96. The molecule has 0 saturated carbocycles. The van der Waals surface area contributed by atoms with Crippen molar-refractivity contribution in [1.29, 1.82) is 0 Å². The van der Waals surface area contributed by atoms with Crippen LogP contribution in [0.2, 0.25) is 0 Å². The van der Waals surface area contributed by atoms with Gasteiger partial charge in [-0.15, -0.1) is 0 Å². The summed E-state index contributed by atoms with van der Waals surface area (Å²) in [6.45, 7) is 6.53. The van der Waals surface area contributed by atoms with Crippen LogP contribution in [-0.2, 0) is 0 Å². The van der Waals surface area contributed by atoms with Gasteiger partial charge in [0.15, 0.2) is 0 Å². The van der Waals surface area contributed by atoms with Crippen molar-refractivity contribution in [1.82, 2.24) is 0 Å². The molecule has 0 atom stereocenters. The van der Waals surface area contributed by atoms with Gasteiger partial charge in [-0.2, -0.15) is 0 Å². The molecule has 0 spiro atoms. The standard InChI is InChI=1S/C10H17I/c1-4-6-9(2)7-5-8-10(3)11/h6,8H,4-5,7H2,1-3H3/b9-6+,10-8-. The van der Waals surface area contributed by atoms with E-state index < -0.39 is 0 Å². The van der Waals surface area contributed by atoms with Crippen molar-refractivity contribution in [2.24, 2.45) is 0 Å². The smallest absolute Gasteiger partial charge is 0.0165 e. The van der Waals surface area contributed by atoms with Crippen molar-refractivity contribution in [2.75, 3.05) is 0 Å². The molecule has 0 amide bonds. The van der Waals surface area contributed by atoms with Gasteiger partial charge in [-0.05, 0) is 59.3 Å². The number of allylic oxidation sites excluding steroid dienone is 4. The normalized spacial score (nSPS) is 13.8. The van der Waals surface area contributed by atoms with Crippen LogP contribution in [0.15, 0.2) is 21.3 Å². The van der Waals surface area contributed by atoms with Crippen molar-refractivity contribution in [2.45, 2.75) is 40.0 Å². The lowest BCUT2D eigenvalue weighted by atomic mass is 10.1. The van der Waals surface area contributed by atoms with Crippen LogP contribution in [0, 0.1) is 0 Å². The van der Waals surface area contributed by atoms with Gasteiger partial charge in [-0.25, -0.2) is 0 Å². The highest BCUT2D eigenvalue weighted by Crippen LogP contribution is 2.10. The molecule has 0 aliphatic rings. The van der Waals surface area contributed by atoms with Crippen LogP contribution in [0.5, 0.6) is 0 Å². The first-order valence-electron chi connectivity index (χ1n) is 4.14. The second-order valence-corrected chi connectivity index (χ2v) is 4.49. The van der Waals surface area contributed by atoms with Gasteiger partial charge in [0.1, 0.15) is 0 Å². The molecule has 0 nitrogen and oxygen atoms in total. The Balaban J connectivity index is 3.54. The quantitative estimate of drug-likeness (QED) is 0.519. The van der Waals surface area contributed by atoms with Crippen molar-refractivity contribution in [3.05, 3.63) is 21.3 Å². The summed E-state index contributed by atoms with van der Waals surface area (Å²) in [7, 11) is 0. The first-order valence-corrected chi connectivity index (χ1v) is 5.22. The highest BCUT2D eigenvalue weighted by atomic mass is 127. The molecule has 0 heterocycles. The van der Waals surface area contributed by atoms with E-state index in [1.807, 2.05) is 0 Å². The van der Waals surface area contributed by atoms with Crippen molar-refractivity contribution in [3.63, 3.8) is 0 Å². The van der Waals surface area contributed by atoms with Crippen LogP contribution in [0.3, 0.4) is 0 Å². The van der Waals surface area contributed by atoms with E-state index in [1.54, 1.807) is 0 Å². The zero-order valence-corrected chi connectivity index (χ0v) is 9.81. The molecule has 0 aliphatic carbocycles. The van der Waals surface area contributed by atoms with Crippen LogP contribution in [0.25, 0.3) is 0 Å². The lowest BCUT2D eigenvalue weighted by Crippen LogP contribution is -1.75. The minimum atomic E-state index is 1.17. The van der Waals surface area contributed by atoms with E-state index in [2.05, 4.69) is 55.5 Å². The summed E-state index contributed by atoms with van der Waals surface area (Å²) in [5.41, 5.74) is 1.52. The summed E-state index contributed by atoms with van der Waals surface area (Å²) in [5.74, 6) is 0. The van der Waals surface area contributed by atoms with Crippen LogP contribution >= 0.6 is 22.6 Å². The van der Waals surface area contributed by atoms with E-state index in [4.69, 9.17) is 0 Å². The van der Waals surface area contributed by atoms with Gasteiger partial charge >= 0.3 is 0 Å². The van der Waals surface area contributed by atoms with Gasteiger partial charge in [0.05, 0.1) is 0 Å². The first-order chi connectivity index (χ1) is 5.16. The minimum absolute atomic E-state index is 1.17. The van der Waals surface area contributed by atoms with Crippen LogP contribution in [0.4, 0.5) is 0 Å². The molecule has 64 valence electrons. The number of halogens is 1. The second kappa shape index (κ2) is 6.89. The zero-order valence-electron chi connectivity index (χ0n) is 7.65. The third-order valence-electron chi connectivity index (χ3n) is 1.52. The summed E-state index contributed by atoms with van der Waals surface area (Å²) < 4.78 is 1.40. The number of hydrogen-bond donors (Lipinski definition) is 0. The maximum absolute atomic E-state index is 2.35. The molecule has 0 radical (unpaired) electrons. The molecule has 0 N–H and O–H groups in total. The second-order valence-electron chi connectivity index (χ2n) is 2.79. The Morgan fingerprint density at radius 3 is 2.36 bits per heavy atom. The van der Waals surface area contributed by atoms with Gasteiger partial charge in [-0.3, -0.25) is 0 Å². The summed E-state index contributed by atoms with van der Waals surface area (Å²) in [6.07, 6.45) is 8.16. The van der Waals surface area contributed by atoms with E-state index in [9.17, 15) is 0 Å². The predicted molar refractivity (Wildman–Crippen MR) is 61.1 cm³/mol. The van der Waals surface area contributed by atoms with Gasteiger partial charge in [-0.1, -0.05) is 24.6 Å². The molecule has 0 bridgehead atoms. The Morgan fingerprint density at radius 2 is 1.91 bits per heavy atom. The monoisotopic (exact) mass is 264 g/mol. The Kier molecular flexibility index (Phi) is 7.02. The maximum Gasteiger partial charge on any atom is -0.0165 e. The molecule has 0 saturated heterocycles. The molecule has 0 aliphatic heterocycles. The van der Waals surface area contributed by atoms with E-state index >= 15 is 0 Å². The van der Waals surface area contributed by atoms with E-state index in [1.165, 1.54) is 28.4 Å². The van der Waals surface area contributed by atoms with E-state index in [-0.39, 0.29) is 0 Å². The molecule has 11 heavy (non-hydrogen) atoms. The molecule has 0 rings (SSSR count). The molecule has 0 fully saturated rings. The summed E-state index contributed by atoms with van der Waals surface area (Å²) in [5, 5.41) is 0. The van der Waals surface area contributed by atoms with Gasteiger partial charge in [0, 0.05) is 0 Å². The summed E-state index contributed by atoms with van der Waals surface area (Å²) >= 11 is 2.35. The fraction of sp³-hybridized carbons (Fsp3) is 0.600. The predicted octanol–water partition coefficient (Wildman–Crippen LogP) is 4.46. The Morgan fingerprint density at radius 1 is 1.27 bits per heavy atom. The maximum atomic E-state index is 2.35. The first kappa shape index (κ1) is 11.2. The Bertz CT molecular complexity index is 150. The topological polar surface area (TPSA) is 0 Å². The van der Waals surface area contributed by atoms with E-state index in [0.717, 1.165) is 0 Å². The molecule has 1 heteroatoms. The van der Waals surface area contributed by atoms with Crippen molar-refractivity contribution in [3.8, 4) is 0 Å². The molecule has 0 unspecified atom stereocenters. The van der Waals surface area contributed by atoms with Crippen molar-refractivity contribution < 1.29 is 0 Å². The summed E-state index contributed by atoms with van der Waals surface area (Å²) in [6, 6.07) is 0. The average Bonchev–Trinajstić information content (AvgIpc) is 1.87. The molecule has 0 aromatic carbocycles. The number of rotatable bonds is 4. The molecule has 0 aromatic heterocycles. The third-order valence-corrected chi connectivity index (χ3v) is 1.96. The van der Waals surface area contributed by atoms with Crippen molar-refractivity contribution >= 4 is 22.6 Å². The SMILES string of the molecule is CC/C=C(\C)CC/C=C(/C)I. The summed E-state index contributed by atoms with van der Waals surface area (Å²) in [4.78, 5) is 0. The zero-order chi connectivity index (χ0) is 8.69. The van der Waals surface area contributed by atoms with Gasteiger partial charge < -0.3 is 0 Å². The highest BCUT2D eigenvalue weighted by Gasteiger charge is 1.86. The van der Waals surface area contributed by atoms with Gasteiger partial charge in [0.25, 0.3) is 0 Å². The highest BCUT2D eigenvalue weighted by molar-refractivity contribution is 14.1. The molecular formula is C10H17I.